The number of aliphatic hydroxyl groups excluding tert-OH is 1. The molecule has 4 fully saturated rings. The van der Waals surface area contributed by atoms with Gasteiger partial charge in [0.2, 0.25) is 0 Å². The standard InChI is InChI=1S/C16H27NO4S/c18-14-9-11-12(20-14)10-13(21-15-3-1-2-6-19-15)16(11)17-4-7-22-8-5-17/h11-16,18H,1-10H2/t11-,12-,13+,14?,15?,16+/m1/s1. The lowest BCUT2D eigenvalue weighted by atomic mass is 9.97. The van der Waals surface area contributed by atoms with Crippen LogP contribution in [0.5, 0.6) is 0 Å². The topological polar surface area (TPSA) is 51.2 Å². The molecule has 3 heterocycles. The average Bonchev–Trinajstić information content (AvgIpc) is 3.04. The Hall–Kier alpha value is 0.150. The third kappa shape index (κ3) is 3.19. The predicted octanol–water partition coefficient (Wildman–Crippen LogP) is 1.44. The highest BCUT2D eigenvalue weighted by molar-refractivity contribution is 7.99. The van der Waals surface area contributed by atoms with E-state index in [4.69, 9.17) is 14.2 Å². The molecule has 6 atom stereocenters. The second-order valence-electron chi connectivity index (χ2n) is 6.87. The van der Waals surface area contributed by atoms with Gasteiger partial charge >= 0.3 is 0 Å². The van der Waals surface area contributed by atoms with E-state index < -0.39 is 6.29 Å². The first kappa shape index (κ1) is 15.7. The summed E-state index contributed by atoms with van der Waals surface area (Å²) >= 11 is 2.03. The van der Waals surface area contributed by atoms with Crippen LogP contribution < -0.4 is 0 Å². The maximum Gasteiger partial charge on any atom is 0.158 e. The van der Waals surface area contributed by atoms with Gasteiger partial charge in [-0.2, -0.15) is 11.8 Å². The molecule has 0 bridgehead atoms. The molecule has 3 aliphatic heterocycles. The molecule has 0 aromatic heterocycles. The minimum atomic E-state index is -0.580. The Balaban J connectivity index is 1.46. The van der Waals surface area contributed by atoms with Gasteiger partial charge < -0.3 is 19.3 Å². The number of thioether (sulfide) groups is 1. The molecule has 1 aliphatic carbocycles. The van der Waals surface area contributed by atoms with Crippen LogP contribution in [-0.2, 0) is 14.2 Å². The Labute approximate surface area is 136 Å². The van der Waals surface area contributed by atoms with E-state index in [0.29, 0.717) is 12.0 Å². The summed E-state index contributed by atoms with van der Waals surface area (Å²) in [4.78, 5) is 2.58. The van der Waals surface area contributed by atoms with Crippen molar-refractivity contribution in [3.8, 4) is 0 Å². The minimum absolute atomic E-state index is 0.0378. The van der Waals surface area contributed by atoms with Gasteiger partial charge in [0.25, 0.3) is 0 Å². The summed E-state index contributed by atoms with van der Waals surface area (Å²) in [7, 11) is 0. The van der Waals surface area contributed by atoms with Crippen molar-refractivity contribution >= 4 is 11.8 Å². The van der Waals surface area contributed by atoms with Gasteiger partial charge in [0.1, 0.15) is 0 Å². The molecule has 126 valence electrons. The van der Waals surface area contributed by atoms with Gasteiger partial charge in [0.05, 0.1) is 12.2 Å². The lowest BCUT2D eigenvalue weighted by Crippen LogP contribution is -2.50. The molecule has 1 N–H and O–H groups in total. The van der Waals surface area contributed by atoms with Crippen molar-refractivity contribution in [2.75, 3.05) is 31.2 Å². The van der Waals surface area contributed by atoms with E-state index in [1.807, 2.05) is 11.8 Å². The third-order valence-electron chi connectivity index (χ3n) is 5.50. The monoisotopic (exact) mass is 329 g/mol. The fourth-order valence-corrected chi connectivity index (χ4v) is 5.44. The average molecular weight is 329 g/mol. The Morgan fingerprint density at radius 1 is 1.14 bits per heavy atom. The molecular weight excluding hydrogens is 302 g/mol. The Kier molecular flexibility index (Phi) is 4.95. The number of hydrogen-bond donors (Lipinski definition) is 1. The Bertz CT molecular complexity index is 373. The van der Waals surface area contributed by atoms with Crippen molar-refractivity contribution in [2.24, 2.45) is 5.92 Å². The summed E-state index contributed by atoms with van der Waals surface area (Å²) in [6, 6.07) is 0.383. The largest absolute Gasteiger partial charge is 0.368 e. The van der Waals surface area contributed by atoms with Gasteiger partial charge in [0.15, 0.2) is 12.6 Å². The van der Waals surface area contributed by atoms with Crippen LogP contribution in [0.2, 0.25) is 0 Å². The number of hydrogen-bond acceptors (Lipinski definition) is 6. The van der Waals surface area contributed by atoms with Gasteiger partial charge in [-0.1, -0.05) is 0 Å². The maximum absolute atomic E-state index is 9.85. The molecule has 4 aliphatic rings. The molecule has 3 saturated heterocycles. The first-order valence-corrected chi connectivity index (χ1v) is 9.89. The highest BCUT2D eigenvalue weighted by Crippen LogP contribution is 2.43. The zero-order valence-corrected chi connectivity index (χ0v) is 13.9. The molecule has 0 spiro atoms. The van der Waals surface area contributed by atoms with Crippen LogP contribution >= 0.6 is 11.8 Å². The van der Waals surface area contributed by atoms with Gasteiger partial charge in [0, 0.05) is 56.0 Å². The van der Waals surface area contributed by atoms with Crippen LogP contribution in [0.3, 0.4) is 0 Å². The molecule has 22 heavy (non-hydrogen) atoms. The van der Waals surface area contributed by atoms with Gasteiger partial charge in [-0.15, -0.1) is 0 Å². The number of aliphatic hydroxyl groups is 1. The lowest BCUT2D eigenvalue weighted by molar-refractivity contribution is -0.201. The number of ether oxygens (including phenoxy) is 3. The fraction of sp³-hybridized carbons (Fsp3) is 1.00. The predicted molar refractivity (Wildman–Crippen MR) is 84.8 cm³/mol. The normalized spacial score (nSPS) is 46.8. The number of nitrogens with zero attached hydrogens (tertiary/aromatic N) is 1. The zero-order chi connectivity index (χ0) is 14.9. The molecule has 6 heteroatoms. The van der Waals surface area contributed by atoms with Gasteiger partial charge in [-0.25, -0.2) is 0 Å². The molecule has 4 rings (SSSR count). The van der Waals surface area contributed by atoms with Crippen LogP contribution in [0.15, 0.2) is 0 Å². The van der Waals surface area contributed by atoms with E-state index in [2.05, 4.69) is 4.90 Å². The number of fused-ring (bicyclic) bond motifs is 1. The smallest absolute Gasteiger partial charge is 0.158 e. The summed E-state index contributed by atoms with van der Waals surface area (Å²) < 4.78 is 17.9. The molecule has 0 aromatic rings. The van der Waals surface area contributed by atoms with Crippen molar-refractivity contribution in [3.05, 3.63) is 0 Å². The van der Waals surface area contributed by atoms with Crippen molar-refractivity contribution in [1.82, 2.24) is 4.90 Å². The highest BCUT2D eigenvalue weighted by Gasteiger charge is 2.52. The quantitative estimate of drug-likeness (QED) is 0.846. The van der Waals surface area contributed by atoms with Crippen LogP contribution in [0.4, 0.5) is 0 Å². The van der Waals surface area contributed by atoms with Crippen LogP contribution in [-0.4, -0.2) is 72.0 Å². The molecular formula is C16H27NO4S. The van der Waals surface area contributed by atoms with E-state index in [1.54, 1.807) is 0 Å². The maximum atomic E-state index is 9.85. The molecule has 0 amide bonds. The Morgan fingerprint density at radius 2 is 2.00 bits per heavy atom. The fourth-order valence-electron chi connectivity index (χ4n) is 4.51. The van der Waals surface area contributed by atoms with E-state index in [0.717, 1.165) is 45.4 Å². The first-order chi connectivity index (χ1) is 10.8. The van der Waals surface area contributed by atoms with E-state index >= 15 is 0 Å². The van der Waals surface area contributed by atoms with Crippen LogP contribution in [0.1, 0.15) is 32.1 Å². The molecule has 1 saturated carbocycles. The lowest BCUT2D eigenvalue weighted by Gasteiger charge is -2.39. The summed E-state index contributed by atoms with van der Waals surface area (Å²) in [5.74, 6) is 2.81. The SMILES string of the molecule is OC1C[C@H]2[C@H](N3CCSCC3)[C@@H](OC3CCCCO3)C[C@H]2O1. The summed E-state index contributed by atoms with van der Waals surface area (Å²) in [6.45, 7) is 3.07. The Morgan fingerprint density at radius 3 is 2.77 bits per heavy atom. The highest BCUT2D eigenvalue weighted by atomic mass is 32.2. The minimum Gasteiger partial charge on any atom is -0.368 e. The summed E-state index contributed by atoms with van der Waals surface area (Å²) in [6.07, 6.45) is 4.74. The third-order valence-corrected chi connectivity index (χ3v) is 6.44. The first-order valence-electron chi connectivity index (χ1n) is 8.73. The van der Waals surface area contributed by atoms with Crippen molar-refractivity contribution < 1.29 is 19.3 Å². The molecule has 0 aromatic carbocycles. The van der Waals surface area contributed by atoms with Gasteiger partial charge in [-0.05, 0) is 19.3 Å². The second-order valence-corrected chi connectivity index (χ2v) is 8.10. The van der Waals surface area contributed by atoms with E-state index in [-0.39, 0.29) is 18.5 Å². The summed E-state index contributed by atoms with van der Waals surface area (Å²) in [5.41, 5.74) is 0. The summed E-state index contributed by atoms with van der Waals surface area (Å²) in [5, 5.41) is 9.85. The number of rotatable bonds is 3. The van der Waals surface area contributed by atoms with Crippen LogP contribution in [0, 0.1) is 5.92 Å². The van der Waals surface area contributed by atoms with Crippen molar-refractivity contribution in [3.63, 3.8) is 0 Å². The molecule has 0 radical (unpaired) electrons. The van der Waals surface area contributed by atoms with Gasteiger partial charge in [-0.3, -0.25) is 4.90 Å². The van der Waals surface area contributed by atoms with E-state index in [9.17, 15) is 5.11 Å². The second kappa shape index (κ2) is 6.95. The van der Waals surface area contributed by atoms with E-state index in [1.165, 1.54) is 17.9 Å². The van der Waals surface area contributed by atoms with Crippen molar-refractivity contribution in [1.29, 1.82) is 0 Å². The molecule has 2 unspecified atom stereocenters. The van der Waals surface area contributed by atoms with Crippen LogP contribution in [0.25, 0.3) is 0 Å². The zero-order valence-electron chi connectivity index (χ0n) is 13.1. The molecule has 5 nitrogen and oxygen atoms in total. The van der Waals surface area contributed by atoms with Crippen molar-refractivity contribution in [2.45, 2.75) is 62.9 Å².